The van der Waals surface area contributed by atoms with Gasteiger partial charge in [-0.2, -0.15) is 0 Å². The standard InChI is InChI=1S/C44H44ClN5O8S/c1-44(2)17-13-33(38(25-44)31-6-8-34(45)9-7-31)28-57-19-3-4-29-5-11-37(41(22-29)58-35-23-32-14-18-46-42(32)48-27-35)43(51)49-59(54,55)36-10-12-39(40(24-36)50(52)53)47-26-30-15-20-56-21-16-30/h5-12,14,18,22-24,27,30,47H,13,15-17,19-21,25-26,28H2,1-2H3,(H,46,48)(H,49,51). The Morgan fingerprint density at radius 1 is 1.08 bits per heavy atom. The number of amides is 1. The number of pyridine rings is 1. The highest BCUT2D eigenvalue weighted by Gasteiger charge is 2.29. The van der Waals surface area contributed by atoms with Crippen LogP contribution in [0.5, 0.6) is 11.5 Å². The molecule has 13 nitrogen and oxygen atoms in total. The highest BCUT2D eigenvalue weighted by molar-refractivity contribution is 7.90. The number of hydrogen-bond acceptors (Lipinski definition) is 10. The Labute approximate surface area is 347 Å². The summed E-state index contributed by atoms with van der Waals surface area (Å²) < 4.78 is 46.7. The SMILES string of the molecule is CC1(C)CCC(COCC#Cc2ccc(C(=O)NS(=O)(=O)c3ccc(NCC4CCOCC4)c([N+](=O)[O-])c3)c(Oc3cnc4[nH]ccc4c3)c2)=C(c2ccc(Cl)cc2)C1. The summed E-state index contributed by atoms with van der Waals surface area (Å²) in [5, 5.41) is 16.5. The lowest BCUT2D eigenvalue weighted by Gasteiger charge is -2.33. The fourth-order valence-corrected chi connectivity index (χ4v) is 8.32. The fraction of sp³-hybridized carbons (Fsp3) is 0.318. The van der Waals surface area contributed by atoms with Crippen LogP contribution in [0.3, 0.4) is 0 Å². The lowest BCUT2D eigenvalue weighted by molar-refractivity contribution is -0.384. The molecule has 3 aromatic carbocycles. The number of benzene rings is 3. The molecule has 0 saturated carbocycles. The van der Waals surface area contributed by atoms with Crippen LogP contribution in [-0.4, -0.2) is 62.2 Å². The summed E-state index contributed by atoms with van der Waals surface area (Å²) in [4.78, 5) is 32.0. The number of carbonyl (C=O) groups excluding carboxylic acids is 1. The predicted octanol–water partition coefficient (Wildman–Crippen LogP) is 8.91. The van der Waals surface area contributed by atoms with Crippen molar-refractivity contribution in [1.29, 1.82) is 0 Å². The van der Waals surface area contributed by atoms with E-state index < -0.39 is 31.4 Å². The van der Waals surface area contributed by atoms with E-state index in [1.165, 1.54) is 41.6 Å². The Kier molecular flexibility index (Phi) is 12.7. The first-order chi connectivity index (χ1) is 28.3. The summed E-state index contributed by atoms with van der Waals surface area (Å²) in [6, 6.07) is 19.4. The van der Waals surface area contributed by atoms with Crippen molar-refractivity contribution in [3.8, 4) is 23.3 Å². The second-order valence-electron chi connectivity index (χ2n) is 15.4. The molecule has 5 aromatic rings. The molecular formula is C44H44ClN5O8S. The maximum Gasteiger partial charge on any atom is 0.293 e. The largest absolute Gasteiger partial charge is 0.455 e. The molecule has 0 bridgehead atoms. The average Bonchev–Trinajstić information content (AvgIpc) is 3.69. The number of carbonyl (C=O) groups is 1. The normalized spacial score (nSPS) is 15.6. The van der Waals surface area contributed by atoms with Crippen molar-refractivity contribution < 1.29 is 32.3 Å². The van der Waals surface area contributed by atoms with E-state index in [4.69, 9.17) is 25.8 Å². The maximum atomic E-state index is 13.7. The van der Waals surface area contributed by atoms with Gasteiger partial charge in [-0.1, -0.05) is 49.4 Å². The molecule has 2 aliphatic rings. The molecule has 3 heterocycles. The van der Waals surface area contributed by atoms with E-state index in [1.807, 2.05) is 30.3 Å². The molecule has 7 rings (SSSR count). The smallest absolute Gasteiger partial charge is 0.293 e. The van der Waals surface area contributed by atoms with Gasteiger partial charge >= 0.3 is 0 Å². The van der Waals surface area contributed by atoms with Crippen LogP contribution in [0.15, 0.2) is 95.7 Å². The Balaban J connectivity index is 1.09. The van der Waals surface area contributed by atoms with Crippen molar-refractivity contribution in [3.63, 3.8) is 0 Å². The van der Waals surface area contributed by atoms with Crippen LogP contribution in [0.1, 0.15) is 67.4 Å². The first-order valence-corrected chi connectivity index (χ1v) is 21.2. The number of nitrogens with zero attached hydrogens (tertiary/aromatic N) is 2. The summed E-state index contributed by atoms with van der Waals surface area (Å²) in [6.45, 7) is 6.82. The number of H-pyrrole nitrogens is 1. The molecule has 1 aliphatic carbocycles. The van der Waals surface area contributed by atoms with E-state index in [0.29, 0.717) is 48.3 Å². The molecule has 59 heavy (non-hydrogen) atoms. The lowest BCUT2D eigenvalue weighted by atomic mass is 9.73. The van der Waals surface area contributed by atoms with Gasteiger partial charge in [-0.15, -0.1) is 0 Å². The molecule has 0 radical (unpaired) electrons. The monoisotopic (exact) mass is 837 g/mol. The number of halogens is 1. The van der Waals surface area contributed by atoms with Gasteiger partial charge in [0.1, 0.15) is 29.4 Å². The zero-order chi connectivity index (χ0) is 41.6. The first kappa shape index (κ1) is 41.4. The van der Waals surface area contributed by atoms with E-state index in [0.717, 1.165) is 49.1 Å². The number of aromatic amines is 1. The highest BCUT2D eigenvalue weighted by Crippen LogP contribution is 2.43. The zero-order valence-electron chi connectivity index (χ0n) is 32.7. The molecule has 15 heteroatoms. The lowest BCUT2D eigenvalue weighted by Crippen LogP contribution is -2.31. The fourth-order valence-electron chi connectivity index (χ4n) is 7.21. The number of anilines is 1. The minimum atomic E-state index is -4.57. The first-order valence-electron chi connectivity index (χ1n) is 19.3. The molecular weight excluding hydrogens is 794 g/mol. The van der Waals surface area contributed by atoms with Crippen LogP contribution < -0.4 is 14.8 Å². The van der Waals surface area contributed by atoms with Gasteiger partial charge in [-0.25, -0.2) is 18.1 Å². The Bertz CT molecular complexity index is 2570. The van der Waals surface area contributed by atoms with Crippen LogP contribution in [0, 0.1) is 33.3 Å². The Morgan fingerprint density at radius 3 is 2.66 bits per heavy atom. The highest BCUT2D eigenvalue weighted by atomic mass is 35.5. The van der Waals surface area contributed by atoms with Gasteiger partial charge in [-0.05, 0) is 115 Å². The molecule has 2 aromatic heterocycles. The van der Waals surface area contributed by atoms with E-state index in [-0.39, 0.29) is 34.9 Å². The maximum absolute atomic E-state index is 13.7. The van der Waals surface area contributed by atoms with E-state index in [9.17, 15) is 23.3 Å². The molecule has 0 unspecified atom stereocenters. The summed E-state index contributed by atoms with van der Waals surface area (Å²) in [6.07, 6.45) is 7.72. The quantitative estimate of drug-likeness (QED) is 0.0450. The molecule has 0 atom stereocenters. The van der Waals surface area contributed by atoms with Crippen LogP contribution in [-0.2, 0) is 19.5 Å². The van der Waals surface area contributed by atoms with E-state index >= 15 is 0 Å². The number of allylic oxidation sites excluding steroid dienone is 1. The minimum absolute atomic E-state index is 0.0170. The molecule has 3 N–H and O–H groups in total. The average molecular weight is 838 g/mol. The molecule has 1 amide bonds. The van der Waals surface area contributed by atoms with Gasteiger partial charge in [0.25, 0.3) is 21.6 Å². The van der Waals surface area contributed by atoms with Gasteiger partial charge in [0.15, 0.2) is 0 Å². The number of sulfonamides is 1. The number of aromatic nitrogens is 2. The number of hydrogen-bond donors (Lipinski definition) is 3. The number of rotatable bonds is 13. The van der Waals surface area contributed by atoms with Crippen LogP contribution in [0.25, 0.3) is 16.6 Å². The summed E-state index contributed by atoms with van der Waals surface area (Å²) in [5.41, 5.74) is 4.55. The van der Waals surface area contributed by atoms with E-state index in [2.05, 4.69) is 45.7 Å². The second-order valence-corrected chi connectivity index (χ2v) is 17.6. The topological polar surface area (TPSA) is 175 Å². The third-order valence-corrected chi connectivity index (χ3v) is 12.1. The van der Waals surface area contributed by atoms with Crippen molar-refractivity contribution in [2.24, 2.45) is 11.3 Å². The third kappa shape index (κ3) is 10.5. The Morgan fingerprint density at radius 2 is 1.88 bits per heavy atom. The molecule has 1 saturated heterocycles. The number of fused-ring (bicyclic) bond motifs is 1. The van der Waals surface area contributed by atoms with Gasteiger partial charge in [0.05, 0.1) is 28.2 Å². The van der Waals surface area contributed by atoms with Gasteiger partial charge in [0.2, 0.25) is 0 Å². The third-order valence-electron chi connectivity index (χ3n) is 10.5. The van der Waals surface area contributed by atoms with Crippen molar-refractivity contribution in [3.05, 3.63) is 123 Å². The summed E-state index contributed by atoms with van der Waals surface area (Å²) in [5.74, 6) is 5.66. The summed E-state index contributed by atoms with van der Waals surface area (Å²) >= 11 is 6.16. The van der Waals surface area contributed by atoms with Gasteiger partial charge in [-0.3, -0.25) is 14.9 Å². The second kappa shape index (κ2) is 18.0. The van der Waals surface area contributed by atoms with Crippen LogP contribution in [0.2, 0.25) is 5.02 Å². The molecule has 1 aliphatic heterocycles. The molecule has 0 spiro atoms. The van der Waals surface area contributed by atoms with Crippen molar-refractivity contribution in [1.82, 2.24) is 14.7 Å². The molecule has 1 fully saturated rings. The van der Waals surface area contributed by atoms with Crippen molar-refractivity contribution in [2.75, 3.05) is 38.3 Å². The number of nitrogens with one attached hydrogen (secondary N) is 3. The van der Waals surface area contributed by atoms with Gasteiger partial charge in [0, 0.05) is 48.0 Å². The number of nitro benzene ring substituents is 1. The minimum Gasteiger partial charge on any atom is -0.455 e. The number of ether oxygens (including phenoxy) is 3. The van der Waals surface area contributed by atoms with Crippen molar-refractivity contribution >= 4 is 55.5 Å². The van der Waals surface area contributed by atoms with E-state index in [1.54, 1.807) is 18.3 Å². The van der Waals surface area contributed by atoms with Crippen LogP contribution >= 0.6 is 11.6 Å². The summed E-state index contributed by atoms with van der Waals surface area (Å²) in [7, 11) is -4.57. The Hall–Kier alpha value is -5.72. The number of nitro groups is 1. The molecule has 306 valence electrons. The van der Waals surface area contributed by atoms with Crippen molar-refractivity contribution in [2.45, 2.75) is 50.8 Å². The van der Waals surface area contributed by atoms with Crippen LogP contribution in [0.4, 0.5) is 11.4 Å². The van der Waals surface area contributed by atoms with Gasteiger partial charge < -0.3 is 24.5 Å². The zero-order valence-corrected chi connectivity index (χ0v) is 34.3. The predicted molar refractivity (Wildman–Crippen MR) is 226 cm³/mol.